The van der Waals surface area contributed by atoms with Crippen LogP contribution < -0.4 is 4.74 Å². The molecule has 0 spiro atoms. The van der Waals surface area contributed by atoms with Crippen LogP contribution in [0, 0.1) is 6.92 Å². The van der Waals surface area contributed by atoms with Crippen molar-refractivity contribution in [3.05, 3.63) is 118 Å². The third-order valence-electron chi connectivity index (χ3n) is 6.95. The lowest BCUT2D eigenvalue weighted by Gasteiger charge is -2.17. The van der Waals surface area contributed by atoms with Gasteiger partial charge >= 0.3 is 5.97 Å². The Morgan fingerprint density at radius 2 is 1.54 bits per heavy atom. The van der Waals surface area contributed by atoms with Crippen LogP contribution in [0.1, 0.15) is 66.9 Å². The molecule has 1 aliphatic rings. The Morgan fingerprint density at radius 3 is 2.22 bits per heavy atom. The van der Waals surface area contributed by atoms with Crippen LogP contribution in [0.3, 0.4) is 0 Å². The highest BCUT2D eigenvalue weighted by Gasteiger charge is 2.35. The van der Waals surface area contributed by atoms with Crippen molar-refractivity contribution in [2.45, 2.75) is 33.1 Å². The van der Waals surface area contributed by atoms with E-state index in [9.17, 15) is 19.5 Å². The van der Waals surface area contributed by atoms with E-state index in [1.54, 1.807) is 31.2 Å². The molecule has 1 aliphatic heterocycles. The van der Waals surface area contributed by atoms with Crippen LogP contribution in [0.25, 0.3) is 0 Å². The zero-order chi connectivity index (χ0) is 28.9. The molecule has 1 N–H and O–H groups in total. The maximum Gasteiger partial charge on any atom is 0.342 e. The number of pyridine rings is 1. The zero-order valence-corrected chi connectivity index (χ0v) is 22.9. The van der Waals surface area contributed by atoms with Gasteiger partial charge in [0.1, 0.15) is 23.7 Å². The Morgan fingerprint density at radius 1 is 0.878 bits per heavy atom. The van der Waals surface area contributed by atoms with Gasteiger partial charge in [-0.2, -0.15) is 0 Å². The second-order valence-corrected chi connectivity index (χ2v) is 9.79. The van der Waals surface area contributed by atoms with Gasteiger partial charge in [0, 0.05) is 12.1 Å². The van der Waals surface area contributed by atoms with Crippen LogP contribution in [-0.2, 0) is 17.6 Å². The largest absolute Gasteiger partial charge is 0.505 e. The first-order valence-corrected chi connectivity index (χ1v) is 13.5. The number of ether oxygens (including phenoxy) is 2. The normalized spacial score (nSPS) is 12.4. The molecular formula is C33H30N2O6. The number of carbonyl (C=O) groups is 3. The molecule has 2 amide bonds. The van der Waals surface area contributed by atoms with Crippen molar-refractivity contribution in [3.63, 3.8) is 0 Å². The van der Waals surface area contributed by atoms with Crippen molar-refractivity contribution in [1.82, 2.24) is 9.88 Å². The molecule has 0 saturated carbocycles. The third kappa shape index (κ3) is 5.82. The summed E-state index contributed by atoms with van der Waals surface area (Å²) >= 11 is 0. The Bertz CT molecular complexity index is 1580. The highest BCUT2D eigenvalue weighted by molar-refractivity contribution is 6.21. The Kier molecular flexibility index (Phi) is 8.10. The summed E-state index contributed by atoms with van der Waals surface area (Å²) in [6.07, 6.45) is 1.60. The van der Waals surface area contributed by atoms with Gasteiger partial charge in [0.05, 0.1) is 23.4 Å². The van der Waals surface area contributed by atoms with Gasteiger partial charge in [-0.05, 0) is 60.9 Å². The summed E-state index contributed by atoms with van der Waals surface area (Å²) < 4.78 is 11.4. The SMILES string of the molecule is CCCc1nc(Cc2cccc(Oc3ccccc3)c2)c(C)c(C(=O)OCCN2C(=O)c3ccccc3C2=O)c1O. The van der Waals surface area contributed by atoms with Crippen molar-refractivity contribution in [1.29, 1.82) is 0 Å². The van der Waals surface area contributed by atoms with Crippen molar-refractivity contribution in [3.8, 4) is 17.2 Å². The van der Waals surface area contributed by atoms with Crippen LogP contribution in [-0.4, -0.2) is 45.9 Å². The number of carbonyl (C=O) groups excluding carboxylic acids is 3. The smallest absolute Gasteiger partial charge is 0.342 e. The topological polar surface area (TPSA) is 106 Å². The zero-order valence-electron chi connectivity index (χ0n) is 22.9. The van der Waals surface area contributed by atoms with Gasteiger partial charge in [-0.3, -0.25) is 19.5 Å². The summed E-state index contributed by atoms with van der Waals surface area (Å²) in [4.78, 5) is 44.3. The highest BCUT2D eigenvalue weighted by Crippen LogP contribution is 2.31. The number of rotatable bonds is 10. The summed E-state index contributed by atoms with van der Waals surface area (Å²) in [5, 5.41) is 11.0. The number of esters is 1. The summed E-state index contributed by atoms with van der Waals surface area (Å²) in [7, 11) is 0. The maximum absolute atomic E-state index is 13.2. The minimum Gasteiger partial charge on any atom is -0.505 e. The molecule has 0 unspecified atom stereocenters. The summed E-state index contributed by atoms with van der Waals surface area (Å²) in [5.41, 5.74) is 3.18. The predicted octanol–water partition coefficient (Wildman–Crippen LogP) is 5.88. The Hall–Kier alpha value is -4.98. The molecule has 0 atom stereocenters. The monoisotopic (exact) mass is 550 g/mol. The molecule has 1 aromatic heterocycles. The number of aromatic nitrogens is 1. The second kappa shape index (κ2) is 12.0. The van der Waals surface area contributed by atoms with Gasteiger partial charge in [0.25, 0.3) is 11.8 Å². The van der Waals surface area contributed by atoms with Gasteiger partial charge in [-0.1, -0.05) is 55.8 Å². The fourth-order valence-corrected chi connectivity index (χ4v) is 4.88. The number of para-hydroxylation sites is 1. The van der Waals surface area contributed by atoms with Crippen LogP contribution >= 0.6 is 0 Å². The van der Waals surface area contributed by atoms with E-state index < -0.39 is 17.8 Å². The number of hydrogen-bond acceptors (Lipinski definition) is 7. The maximum atomic E-state index is 13.2. The minimum absolute atomic E-state index is 0.0394. The number of benzene rings is 3. The molecule has 4 aromatic rings. The van der Waals surface area contributed by atoms with Crippen LogP contribution in [0.2, 0.25) is 0 Å². The van der Waals surface area contributed by atoms with Gasteiger partial charge in [0.2, 0.25) is 0 Å². The van der Waals surface area contributed by atoms with Crippen LogP contribution in [0.5, 0.6) is 17.2 Å². The van der Waals surface area contributed by atoms with E-state index in [4.69, 9.17) is 14.5 Å². The van der Waals surface area contributed by atoms with Crippen LogP contribution in [0.4, 0.5) is 0 Å². The quantitative estimate of drug-likeness (QED) is 0.194. The molecular weight excluding hydrogens is 520 g/mol. The fourth-order valence-electron chi connectivity index (χ4n) is 4.88. The minimum atomic E-state index is -0.737. The Labute approximate surface area is 238 Å². The lowest BCUT2D eigenvalue weighted by Crippen LogP contribution is -2.33. The number of amides is 2. The molecule has 208 valence electrons. The van der Waals surface area contributed by atoms with Gasteiger partial charge in [-0.15, -0.1) is 0 Å². The molecule has 0 radical (unpaired) electrons. The van der Waals surface area contributed by atoms with Crippen molar-refractivity contribution in [2.75, 3.05) is 13.2 Å². The lowest BCUT2D eigenvalue weighted by atomic mass is 9.98. The van der Waals surface area contributed by atoms with E-state index in [2.05, 4.69) is 0 Å². The molecule has 3 aromatic carbocycles. The summed E-state index contributed by atoms with van der Waals surface area (Å²) in [6.45, 7) is 3.39. The van der Waals surface area contributed by atoms with Gasteiger partial charge < -0.3 is 14.6 Å². The molecule has 8 nitrogen and oxygen atoms in total. The molecule has 2 heterocycles. The van der Waals surface area contributed by atoms with Crippen molar-refractivity contribution in [2.24, 2.45) is 0 Å². The van der Waals surface area contributed by atoms with E-state index in [0.717, 1.165) is 22.6 Å². The number of nitrogens with zero attached hydrogens (tertiary/aromatic N) is 2. The number of aromatic hydroxyl groups is 1. The number of hydrogen-bond donors (Lipinski definition) is 1. The van der Waals surface area contributed by atoms with Crippen molar-refractivity contribution < 1.29 is 29.0 Å². The molecule has 5 rings (SSSR count). The first-order valence-electron chi connectivity index (χ1n) is 13.5. The summed E-state index contributed by atoms with van der Waals surface area (Å²) in [5.74, 6) is -0.392. The predicted molar refractivity (Wildman–Crippen MR) is 152 cm³/mol. The van der Waals surface area contributed by atoms with Gasteiger partial charge in [-0.25, -0.2) is 4.79 Å². The molecule has 8 heteroatoms. The van der Waals surface area contributed by atoms with E-state index in [1.165, 1.54) is 0 Å². The summed E-state index contributed by atoms with van der Waals surface area (Å²) in [6, 6.07) is 23.7. The van der Waals surface area contributed by atoms with E-state index in [-0.39, 0.29) is 24.5 Å². The van der Waals surface area contributed by atoms with E-state index in [0.29, 0.717) is 46.7 Å². The number of aryl methyl sites for hydroxylation is 1. The molecule has 0 aliphatic carbocycles. The average Bonchev–Trinajstić information content (AvgIpc) is 3.21. The number of imide groups is 1. The van der Waals surface area contributed by atoms with Crippen LogP contribution in [0.15, 0.2) is 78.9 Å². The van der Waals surface area contributed by atoms with E-state index >= 15 is 0 Å². The average molecular weight is 551 g/mol. The Balaban J connectivity index is 1.33. The first-order chi connectivity index (χ1) is 19.9. The first kappa shape index (κ1) is 27.6. The molecule has 0 fully saturated rings. The standard InChI is InChI=1S/C33H30N2O6/c1-3-10-27-30(36)29(33(39)40-18-17-35-31(37)25-15-7-8-16-26(25)32(35)38)21(2)28(34-27)20-22-11-9-14-24(19-22)41-23-12-5-4-6-13-23/h4-9,11-16,19,36H,3,10,17-18,20H2,1-2H3. The molecule has 0 saturated heterocycles. The highest BCUT2D eigenvalue weighted by atomic mass is 16.5. The van der Waals surface area contributed by atoms with Crippen molar-refractivity contribution >= 4 is 17.8 Å². The van der Waals surface area contributed by atoms with E-state index in [1.807, 2.05) is 61.5 Å². The molecule has 0 bridgehead atoms. The lowest BCUT2D eigenvalue weighted by molar-refractivity contribution is 0.0416. The molecule has 41 heavy (non-hydrogen) atoms. The fraction of sp³-hybridized carbons (Fsp3) is 0.212. The number of fused-ring (bicyclic) bond motifs is 1. The van der Waals surface area contributed by atoms with Gasteiger partial charge in [0.15, 0.2) is 5.75 Å². The third-order valence-corrected chi connectivity index (χ3v) is 6.95. The second-order valence-electron chi connectivity index (χ2n) is 9.79.